The molecule has 0 aliphatic heterocycles. The number of benzene rings is 2. The fraction of sp³-hybridized carbons (Fsp3) is 0.0667. The highest BCUT2D eigenvalue weighted by atomic mass is 35.5. The van der Waals surface area contributed by atoms with Crippen LogP contribution >= 0.6 is 23.2 Å². The second kappa shape index (κ2) is 5.06. The first kappa shape index (κ1) is 13.9. The third-order valence-electron chi connectivity index (χ3n) is 3.18. The third kappa shape index (κ3) is 2.37. The predicted octanol–water partition coefficient (Wildman–Crippen LogP) is 4.34. The van der Waals surface area contributed by atoms with Gasteiger partial charge in [-0.05, 0) is 37.3 Å². The number of rotatable bonds is 2. The van der Waals surface area contributed by atoms with Crippen LogP contribution < -0.4 is 0 Å². The Morgan fingerprint density at radius 2 is 1.86 bits per heavy atom. The molecule has 21 heavy (non-hydrogen) atoms. The molecule has 6 heteroatoms. The minimum absolute atomic E-state index is 0.184. The van der Waals surface area contributed by atoms with E-state index in [2.05, 4.69) is 4.98 Å². The second-order valence-electron chi connectivity index (χ2n) is 4.60. The smallest absolute Gasteiger partial charge is 0.337 e. The van der Waals surface area contributed by atoms with Crippen molar-refractivity contribution in [3.8, 4) is 5.69 Å². The van der Waals surface area contributed by atoms with E-state index < -0.39 is 5.97 Å². The molecule has 1 heterocycles. The summed E-state index contributed by atoms with van der Waals surface area (Å²) in [5.41, 5.74) is 2.01. The van der Waals surface area contributed by atoms with Gasteiger partial charge in [-0.2, -0.15) is 0 Å². The molecular formula is C15H10Cl2N2O2. The van der Waals surface area contributed by atoms with Crippen molar-refractivity contribution in [1.29, 1.82) is 0 Å². The first-order valence-corrected chi connectivity index (χ1v) is 6.91. The van der Waals surface area contributed by atoms with E-state index in [1.54, 1.807) is 47.9 Å². The van der Waals surface area contributed by atoms with Crippen molar-refractivity contribution in [3.63, 3.8) is 0 Å². The molecule has 0 unspecified atom stereocenters. The maximum Gasteiger partial charge on any atom is 0.337 e. The quantitative estimate of drug-likeness (QED) is 0.764. The lowest BCUT2D eigenvalue weighted by Gasteiger charge is -2.09. The van der Waals surface area contributed by atoms with Crippen LogP contribution in [-0.4, -0.2) is 20.6 Å². The Morgan fingerprint density at radius 1 is 1.19 bits per heavy atom. The molecule has 0 amide bonds. The summed E-state index contributed by atoms with van der Waals surface area (Å²) in [6.07, 6.45) is 0. The lowest BCUT2D eigenvalue weighted by molar-refractivity contribution is 0.0698. The molecular weight excluding hydrogens is 311 g/mol. The van der Waals surface area contributed by atoms with E-state index in [9.17, 15) is 9.90 Å². The van der Waals surface area contributed by atoms with Gasteiger partial charge >= 0.3 is 5.97 Å². The molecule has 0 spiro atoms. The maximum absolute atomic E-state index is 11.4. The molecule has 0 aliphatic rings. The normalized spacial score (nSPS) is 11.0. The summed E-state index contributed by atoms with van der Waals surface area (Å²) in [4.78, 5) is 15.9. The molecule has 0 atom stereocenters. The van der Waals surface area contributed by atoms with Crippen LogP contribution in [0.2, 0.25) is 10.0 Å². The number of carbonyl (C=O) groups is 1. The molecule has 3 aromatic rings. The number of aryl methyl sites for hydroxylation is 1. The molecule has 0 bridgehead atoms. The van der Waals surface area contributed by atoms with Crippen LogP contribution in [0.5, 0.6) is 0 Å². The number of para-hydroxylation sites is 1. The van der Waals surface area contributed by atoms with Gasteiger partial charge in [-0.25, -0.2) is 9.78 Å². The molecule has 4 nitrogen and oxygen atoms in total. The van der Waals surface area contributed by atoms with E-state index in [1.165, 1.54) is 0 Å². The largest absolute Gasteiger partial charge is 0.478 e. The average molecular weight is 321 g/mol. The Morgan fingerprint density at radius 3 is 2.48 bits per heavy atom. The molecule has 0 fully saturated rings. The zero-order valence-electron chi connectivity index (χ0n) is 11.0. The van der Waals surface area contributed by atoms with Crippen LogP contribution in [-0.2, 0) is 0 Å². The van der Waals surface area contributed by atoms with E-state index in [-0.39, 0.29) is 5.56 Å². The van der Waals surface area contributed by atoms with Gasteiger partial charge in [0.15, 0.2) is 0 Å². The molecule has 0 saturated heterocycles. The van der Waals surface area contributed by atoms with Gasteiger partial charge in [0.1, 0.15) is 5.82 Å². The van der Waals surface area contributed by atoms with Gasteiger partial charge in [0.05, 0.1) is 22.3 Å². The van der Waals surface area contributed by atoms with Crippen LogP contribution in [0.3, 0.4) is 0 Å². The number of imidazole rings is 1. The van der Waals surface area contributed by atoms with Gasteiger partial charge in [-0.3, -0.25) is 4.57 Å². The number of halogens is 2. The summed E-state index contributed by atoms with van der Waals surface area (Å²) < 4.78 is 1.75. The van der Waals surface area contributed by atoms with Crippen LogP contribution in [0.1, 0.15) is 16.2 Å². The minimum Gasteiger partial charge on any atom is -0.478 e. The van der Waals surface area contributed by atoms with Crippen molar-refractivity contribution in [2.24, 2.45) is 0 Å². The molecule has 2 aromatic carbocycles. The van der Waals surface area contributed by atoms with Crippen molar-refractivity contribution in [2.75, 3.05) is 0 Å². The van der Waals surface area contributed by atoms with Crippen LogP contribution in [0.15, 0.2) is 36.4 Å². The number of carboxylic acid groups (broad SMARTS) is 1. The summed E-state index contributed by atoms with van der Waals surface area (Å²) in [6.45, 7) is 1.81. The second-order valence-corrected chi connectivity index (χ2v) is 5.47. The fourth-order valence-corrected chi connectivity index (χ4v) is 2.91. The Kier molecular flexibility index (Phi) is 3.35. The van der Waals surface area contributed by atoms with E-state index >= 15 is 0 Å². The number of nitrogens with zero attached hydrogens (tertiary/aromatic N) is 2. The Balaban J connectivity index is 2.41. The molecule has 1 aromatic heterocycles. The fourth-order valence-electron chi connectivity index (χ4n) is 2.40. The van der Waals surface area contributed by atoms with Crippen molar-refractivity contribution in [1.82, 2.24) is 9.55 Å². The molecule has 1 N–H and O–H groups in total. The maximum atomic E-state index is 11.4. The van der Waals surface area contributed by atoms with Gasteiger partial charge in [-0.15, -0.1) is 0 Å². The molecule has 0 aliphatic carbocycles. The van der Waals surface area contributed by atoms with Crippen molar-refractivity contribution >= 4 is 40.2 Å². The van der Waals surface area contributed by atoms with Crippen molar-refractivity contribution in [2.45, 2.75) is 6.92 Å². The lowest BCUT2D eigenvalue weighted by Crippen LogP contribution is -2.03. The third-order valence-corrected chi connectivity index (χ3v) is 3.62. The first-order valence-electron chi connectivity index (χ1n) is 6.15. The zero-order valence-corrected chi connectivity index (χ0v) is 12.5. The van der Waals surface area contributed by atoms with Crippen molar-refractivity contribution < 1.29 is 9.90 Å². The van der Waals surface area contributed by atoms with Gasteiger partial charge < -0.3 is 5.11 Å². The van der Waals surface area contributed by atoms with Gasteiger partial charge in [0.25, 0.3) is 0 Å². The zero-order chi connectivity index (χ0) is 15.1. The molecule has 106 valence electrons. The standard InChI is InChI=1S/C15H10Cl2N2O2/c1-8-18-13-4-2-3-12(15(20)21)14(13)19(8)11-6-9(16)5-10(17)7-11/h2-7H,1H3,(H,20,21). The molecule has 0 radical (unpaired) electrons. The SMILES string of the molecule is Cc1nc2cccc(C(=O)O)c2n1-c1cc(Cl)cc(Cl)c1. The van der Waals surface area contributed by atoms with E-state index in [1.807, 2.05) is 0 Å². The number of aromatic carboxylic acids is 1. The number of hydrogen-bond donors (Lipinski definition) is 1. The Bertz CT molecular complexity index is 851. The van der Waals surface area contributed by atoms with Gasteiger partial charge in [0.2, 0.25) is 0 Å². The Hall–Kier alpha value is -2.04. The summed E-state index contributed by atoms with van der Waals surface area (Å²) in [5.74, 6) is -0.341. The lowest BCUT2D eigenvalue weighted by atomic mass is 10.1. The molecule has 0 saturated carbocycles. The van der Waals surface area contributed by atoms with Crippen LogP contribution in [0, 0.1) is 6.92 Å². The first-order chi connectivity index (χ1) is 9.97. The van der Waals surface area contributed by atoms with Crippen LogP contribution in [0.25, 0.3) is 16.7 Å². The van der Waals surface area contributed by atoms with Gasteiger partial charge in [0, 0.05) is 10.0 Å². The molecule has 3 rings (SSSR count). The van der Waals surface area contributed by atoms with Crippen molar-refractivity contribution in [3.05, 3.63) is 57.8 Å². The summed E-state index contributed by atoms with van der Waals surface area (Å²) in [6, 6.07) is 10.1. The van der Waals surface area contributed by atoms with E-state index in [0.717, 1.165) is 0 Å². The summed E-state index contributed by atoms with van der Waals surface area (Å²) >= 11 is 12.1. The number of fused-ring (bicyclic) bond motifs is 1. The highest BCUT2D eigenvalue weighted by Gasteiger charge is 2.17. The number of aromatic nitrogens is 2. The minimum atomic E-state index is -1.00. The summed E-state index contributed by atoms with van der Waals surface area (Å²) in [5, 5.41) is 10.3. The monoisotopic (exact) mass is 320 g/mol. The van der Waals surface area contributed by atoms with E-state index in [4.69, 9.17) is 23.2 Å². The summed E-state index contributed by atoms with van der Waals surface area (Å²) in [7, 11) is 0. The highest BCUT2D eigenvalue weighted by molar-refractivity contribution is 6.34. The topological polar surface area (TPSA) is 55.1 Å². The number of hydrogen-bond acceptors (Lipinski definition) is 2. The number of carboxylic acids is 1. The van der Waals surface area contributed by atoms with Crippen LogP contribution in [0.4, 0.5) is 0 Å². The average Bonchev–Trinajstić information content (AvgIpc) is 2.72. The van der Waals surface area contributed by atoms with E-state index in [0.29, 0.717) is 32.6 Å². The Labute approximate surface area is 130 Å². The highest BCUT2D eigenvalue weighted by Crippen LogP contribution is 2.28. The van der Waals surface area contributed by atoms with Gasteiger partial charge in [-0.1, -0.05) is 29.3 Å². The predicted molar refractivity (Wildman–Crippen MR) is 82.8 cm³/mol.